The van der Waals surface area contributed by atoms with E-state index in [4.69, 9.17) is 4.98 Å². The summed E-state index contributed by atoms with van der Waals surface area (Å²) in [6.07, 6.45) is 9.62. The number of anilines is 1. The maximum Gasteiger partial charge on any atom is 0.315 e. The summed E-state index contributed by atoms with van der Waals surface area (Å²) in [7, 11) is 1.72. The van der Waals surface area contributed by atoms with Crippen LogP contribution in [0.1, 0.15) is 42.6 Å². The van der Waals surface area contributed by atoms with Crippen LogP contribution in [0.4, 0.5) is 10.6 Å². The molecule has 0 aromatic carbocycles. The van der Waals surface area contributed by atoms with Gasteiger partial charge in [0, 0.05) is 44.3 Å². The summed E-state index contributed by atoms with van der Waals surface area (Å²) in [5.74, 6) is 0.445. The molecule has 2 amide bonds. The molecule has 1 unspecified atom stereocenters. The van der Waals surface area contributed by atoms with E-state index in [2.05, 4.69) is 21.7 Å². The number of nitrogens with one attached hydrogen (secondary N) is 2. The van der Waals surface area contributed by atoms with Crippen molar-refractivity contribution in [3.05, 3.63) is 51.8 Å². The Morgan fingerprint density at radius 3 is 3.00 bits per heavy atom. The van der Waals surface area contributed by atoms with Crippen LogP contribution in [0.25, 0.3) is 0 Å². The number of pyridine rings is 1. The molecule has 1 fully saturated rings. The lowest BCUT2D eigenvalue weighted by Gasteiger charge is -2.33. The summed E-state index contributed by atoms with van der Waals surface area (Å²) in [5, 5.41) is 5.94. The number of carbonyl (C=O) groups excluding carboxylic acids is 1. The molecule has 154 valence electrons. The molecule has 8 heteroatoms. The molecule has 4 rings (SSSR count). The van der Waals surface area contributed by atoms with Gasteiger partial charge in [-0.1, -0.05) is 6.07 Å². The predicted octanol–water partition coefficient (Wildman–Crippen LogP) is 1.52. The molecular weight excluding hydrogens is 368 g/mol. The van der Waals surface area contributed by atoms with Crippen molar-refractivity contribution in [2.24, 2.45) is 7.05 Å². The standard InChI is InChI=1S/C21H28N6O2/c1-26-12-10-22-19(20(26)28)27-11-4-6-17(14-27)25-21(29)23-13-16-9-8-15-5-2-3-7-18(15)24-16/h8-10,12,17H,2-7,11,13-14H2,1H3,(H2,23,25,29). The monoisotopic (exact) mass is 396 g/mol. The van der Waals surface area contributed by atoms with E-state index in [-0.39, 0.29) is 17.6 Å². The first-order chi connectivity index (χ1) is 14.1. The number of carbonyl (C=O) groups is 1. The van der Waals surface area contributed by atoms with Gasteiger partial charge in [-0.05, 0) is 50.2 Å². The molecule has 0 spiro atoms. The van der Waals surface area contributed by atoms with E-state index in [1.165, 1.54) is 28.7 Å². The van der Waals surface area contributed by atoms with Gasteiger partial charge in [0.15, 0.2) is 5.82 Å². The quantitative estimate of drug-likeness (QED) is 0.818. The Bertz CT molecular complexity index is 941. The van der Waals surface area contributed by atoms with Crippen molar-refractivity contribution in [3.63, 3.8) is 0 Å². The first-order valence-corrected chi connectivity index (χ1v) is 10.4. The maximum absolute atomic E-state index is 12.4. The zero-order chi connectivity index (χ0) is 20.2. The molecule has 29 heavy (non-hydrogen) atoms. The molecule has 2 aromatic rings. The lowest BCUT2D eigenvalue weighted by Crippen LogP contribution is -2.51. The van der Waals surface area contributed by atoms with E-state index in [1.807, 2.05) is 11.0 Å². The van der Waals surface area contributed by atoms with Crippen molar-refractivity contribution < 1.29 is 4.79 Å². The molecule has 1 aliphatic heterocycles. The summed E-state index contributed by atoms with van der Waals surface area (Å²) in [4.78, 5) is 35.6. The molecule has 0 saturated carbocycles. The highest BCUT2D eigenvalue weighted by Crippen LogP contribution is 2.19. The zero-order valence-electron chi connectivity index (χ0n) is 16.9. The predicted molar refractivity (Wildman–Crippen MR) is 111 cm³/mol. The average Bonchev–Trinajstić information content (AvgIpc) is 2.74. The van der Waals surface area contributed by atoms with Gasteiger partial charge >= 0.3 is 6.03 Å². The Morgan fingerprint density at radius 2 is 2.10 bits per heavy atom. The summed E-state index contributed by atoms with van der Waals surface area (Å²) in [6, 6.07) is 3.92. The van der Waals surface area contributed by atoms with Gasteiger partial charge in [-0.25, -0.2) is 9.78 Å². The van der Waals surface area contributed by atoms with Crippen molar-refractivity contribution in [1.29, 1.82) is 0 Å². The average molecular weight is 396 g/mol. The minimum Gasteiger partial charge on any atom is -0.350 e. The summed E-state index contributed by atoms with van der Waals surface area (Å²) in [6.45, 7) is 1.76. The minimum absolute atomic E-state index is 0.0213. The van der Waals surface area contributed by atoms with E-state index >= 15 is 0 Å². The second kappa shape index (κ2) is 8.63. The molecule has 2 aromatic heterocycles. The Labute approximate surface area is 170 Å². The Morgan fingerprint density at radius 1 is 1.24 bits per heavy atom. The minimum atomic E-state index is -0.203. The van der Waals surface area contributed by atoms with Crippen LogP contribution in [0.15, 0.2) is 29.3 Å². The Kier molecular flexibility index (Phi) is 5.78. The Balaban J connectivity index is 1.31. The van der Waals surface area contributed by atoms with Gasteiger partial charge in [0.1, 0.15) is 0 Å². The van der Waals surface area contributed by atoms with Crippen molar-refractivity contribution >= 4 is 11.8 Å². The normalized spacial score (nSPS) is 18.8. The second-order valence-electron chi connectivity index (χ2n) is 7.89. The highest BCUT2D eigenvalue weighted by molar-refractivity contribution is 5.74. The van der Waals surface area contributed by atoms with Crippen LogP contribution >= 0.6 is 0 Å². The van der Waals surface area contributed by atoms with Gasteiger partial charge in [-0.2, -0.15) is 0 Å². The Hall–Kier alpha value is -2.90. The number of fused-ring (bicyclic) bond motifs is 1. The number of aryl methyl sites for hydroxylation is 3. The van der Waals surface area contributed by atoms with Crippen LogP contribution in [-0.4, -0.2) is 39.7 Å². The third kappa shape index (κ3) is 4.58. The van der Waals surface area contributed by atoms with E-state index in [9.17, 15) is 9.59 Å². The number of urea groups is 1. The van der Waals surface area contributed by atoms with Crippen LogP contribution in [0.2, 0.25) is 0 Å². The van der Waals surface area contributed by atoms with E-state index < -0.39 is 0 Å². The second-order valence-corrected chi connectivity index (χ2v) is 7.89. The van der Waals surface area contributed by atoms with Crippen LogP contribution in [-0.2, 0) is 26.4 Å². The summed E-state index contributed by atoms with van der Waals surface area (Å²) < 4.78 is 1.53. The number of hydrogen-bond acceptors (Lipinski definition) is 5. The van der Waals surface area contributed by atoms with Gasteiger partial charge in [0.2, 0.25) is 0 Å². The van der Waals surface area contributed by atoms with E-state index in [0.29, 0.717) is 18.9 Å². The first-order valence-electron chi connectivity index (χ1n) is 10.4. The lowest BCUT2D eigenvalue weighted by atomic mass is 9.96. The third-order valence-corrected chi connectivity index (χ3v) is 5.72. The van der Waals surface area contributed by atoms with Crippen molar-refractivity contribution in [1.82, 2.24) is 25.2 Å². The SMILES string of the molecule is Cn1ccnc(N2CCCC(NC(=O)NCc3ccc4c(n3)CCCC4)C2)c1=O. The van der Waals surface area contributed by atoms with Crippen LogP contribution in [0.5, 0.6) is 0 Å². The summed E-state index contributed by atoms with van der Waals surface area (Å²) in [5.41, 5.74) is 3.29. The largest absolute Gasteiger partial charge is 0.350 e. The van der Waals surface area contributed by atoms with E-state index in [0.717, 1.165) is 37.9 Å². The van der Waals surface area contributed by atoms with Gasteiger partial charge in [0.05, 0.1) is 12.2 Å². The molecule has 1 saturated heterocycles. The zero-order valence-corrected chi connectivity index (χ0v) is 16.9. The molecular formula is C21H28N6O2. The van der Waals surface area contributed by atoms with Crippen molar-refractivity contribution in [2.45, 2.75) is 51.1 Å². The smallest absolute Gasteiger partial charge is 0.315 e. The molecule has 0 bridgehead atoms. The topological polar surface area (TPSA) is 92.2 Å². The molecule has 0 radical (unpaired) electrons. The fourth-order valence-electron chi connectivity index (χ4n) is 4.12. The van der Waals surface area contributed by atoms with Gasteiger partial charge < -0.3 is 20.1 Å². The molecule has 2 aliphatic rings. The van der Waals surface area contributed by atoms with Gasteiger partial charge in [-0.3, -0.25) is 9.78 Å². The fraction of sp³-hybridized carbons (Fsp3) is 0.524. The van der Waals surface area contributed by atoms with Crippen LogP contribution in [0.3, 0.4) is 0 Å². The van der Waals surface area contributed by atoms with E-state index in [1.54, 1.807) is 19.4 Å². The number of aromatic nitrogens is 3. The van der Waals surface area contributed by atoms with Gasteiger partial charge in [-0.15, -0.1) is 0 Å². The number of nitrogens with zero attached hydrogens (tertiary/aromatic N) is 4. The van der Waals surface area contributed by atoms with Crippen molar-refractivity contribution in [2.75, 3.05) is 18.0 Å². The first kappa shape index (κ1) is 19.4. The highest BCUT2D eigenvalue weighted by Gasteiger charge is 2.24. The number of rotatable bonds is 4. The summed E-state index contributed by atoms with van der Waals surface area (Å²) >= 11 is 0. The maximum atomic E-state index is 12.4. The number of amides is 2. The lowest BCUT2D eigenvalue weighted by molar-refractivity contribution is 0.234. The molecule has 3 heterocycles. The molecule has 1 aliphatic carbocycles. The van der Waals surface area contributed by atoms with Crippen LogP contribution in [0, 0.1) is 0 Å². The highest BCUT2D eigenvalue weighted by atomic mass is 16.2. The number of hydrogen-bond donors (Lipinski definition) is 2. The van der Waals surface area contributed by atoms with Crippen molar-refractivity contribution in [3.8, 4) is 0 Å². The fourth-order valence-corrected chi connectivity index (χ4v) is 4.12. The molecule has 2 N–H and O–H groups in total. The third-order valence-electron chi connectivity index (χ3n) is 5.72. The number of piperidine rings is 1. The molecule has 1 atom stereocenters. The molecule has 8 nitrogen and oxygen atoms in total. The van der Waals surface area contributed by atoms with Crippen LogP contribution < -0.4 is 21.1 Å². The van der Waals surface area contributed by atoms with Gasteiger partial charge in [0.25, 0.3) is 5.56 Å².